The highest BCUT2D eigenvalue weighted by atomic mass is 32.1. The van der Waals surface area contributed by atoms with E-state index >= 15 is 0 Å². The van der Waals surface area contributed by atoms with Crippen molar-refractivity contribution >= 4 is 33.5 Å². The molecule has 0 unspecified atom stereocenters. The summed E-state index contributed by atoms with van der Waals surface area (Å²) in [5.41, 5.74) is 2.02. The first-order chi connectivity index (χ1) is 7.40. The smallest absolute Gasteiger partial charge is 0.350 e. The third-order valence-corrected chi connectivity index (χ3v) is 3.11. The number of para-hydroxylation sites is 2. The van der Waals surface area contributed by atoms with Crippen LogP contribution in [0.3, 0.4) is 0 Å². The summed E-state index contributed by atoms with van der Waals surface area (Å²) < 4.78 is 10.9. The minimum absolute atomic E-state index is 0.532. The van der Waals surface area contributed by atoms with Gasteiger partial charge in [0, 0.05) is 26.6 Å². The van der Waals surface area contributed by atoms with Crippen molar-refractivity contribution in [1.82, 2.24) is 4.98 Å². The van der Waals surface area contributed by atoms with Crippen molar-refractivity contribution in [3.63, 3.8) is 0 Å². The summed E-state index contributed by atoms with van der Waals surface area (Å²) in [7, 11) is 0. The highest BCUT2D eigenvalue weighted by molar-refractivity contribution is 7.65. The topological polar surface area (TPSA) is 32.9 Å². The van der Waals surface area contributed by atoms with Crippen LogP contribution in [0.4, 0.5) is 0 Å². The van der Waals surface area contributed by atoms with Gasteiger partial charge in [0.2, 0.25) is 0 Å². The molecule has 0 aliphatic carbocycles. The predicted molar refractivity (Wildman–Crippen MR) is 62.1 cm³/mol. The van der Waals surface area contributed by atoms with Gasteiger partial charge in [0.25, 0.3) is 0 Å². The number of hydrogen-bond acceptors (Lipinski definition) is 1. The molecule has 3 rings (SSSR count). The predicted octanol–water partition coefficient (Wildman–Crippen LogP) is 3.11. The van der Waals surface area contributed by atoms with Crippen molar-refractivity contribution in [2.24, 2.45) is 0 Å². The van der Waals surface area contributed by atoms with Gasteiger partial charge >= 0.3 is 16.6 Å². The van der Waals surface area contributed by atoms with Crippen molar-refractivity contribution in [2.45, 2.75) is 4.90 Å². The first kappa shape index (κ1) is 8.56. The Hall–Kier alpha value is -1.74. The quantitative estimate of drug-likeness (QED) is 0.620. The van der Waals surface area contributed by atoms with Crippen molar-refractivity contribution in [1.29, 1.82) is 0 Å². The number of nitrogens with one attached hydrogen (secondary N) is 1. The maximum absolute atomic E-state index is 10.9. The van der Waals surface area contributed by atoms with Crippen LogP contribution in [0.2, 0.25) is 0 Å². The Morgan fingerprint density at radius 3 is 2.60 bits per heavy atom. The van der Waals surface area contributed by atoms with Crippen LogP contribution in [-0.4, -0.2) is 4.98 Å². The lowest BCUT2D eigenvalue weighted by Gasteiger charge is -1.87. The van der Waals surface area contributed by atoms with Crippen molar-refractivity contribution in [3.8, 4) is 0 Å². The van der Waals surface area contributed by atoms with Gasteiger partial charge in [-0.15, -0.1) is 0 Å². The van der Waals surface area contributed by atoms with E-state index in [2.05, 4.69) is 11.1 Å². The van der Waals surface area contributed by atoms with Crippen LogP contribution in [0.5, 0.6) is 0 Å². The maximum atomic E-state index is 10.9. The van der Waals surface area contributed by atoms with E-state index < -0.39 is 0 Å². The molecular formula is C12H8NOS+. The Balaban J connectivity index is 2.59. The van der Waals surface area contributed by atoms with Crippen molar-refractivity contribution < 1.29 is 4.21 Å². The van der Waals surface area contributed by atoms with Gasteiger partial charge in [0.15, 0.2) is 0 Å². The monoisotopic (exact) mass is 214 g/mol. The normalized spacial score (nSPS) is 10.9. The molecule has 0 saturated carbocycles. The Morgan fingerprint density at radius 1 is 0.933 bits per heavy atom. The summed E-state index contributed by atoms with van der Waals surface area (Å²) in [6.07, 6.45) is 0. The largest absolute Gasteiger partial charge is 0.507 e. The van der Waals surface area contributed by atoms with Crippen LogP contribution < -0.4 is 0 Å². The second-order valence-electron chi connectivity index (χ2n) is 3.43. The van der Waals surface area contributed by atoms with E-state index in [0.717, 1.165) is 21.3 Å². The molecule has 0 saturated heterocycles. The first-order valence-corrected chi connectivity index (χ1v) is 5.43. The molecule has 3 heteroatoms. The Kier molecular flexibility index (Phi) is 1.79. The zero-order chi connectivity index (χ0) is 10.3. The average Bonchev–Trinajstić information content (AvgIpc) is 2.67. The van der Waals surface area contributed by atoms with Crippen LogP contribution in [0, 0.1) is 0 Å². The third kappa shape index (κ3) is 1.17. The molecule has 0 radical (unpaired) electrons. The van der Waals surface area contributed by atoms with E-state index in [4.69, 9.17) is 0 Å². The SMILES string of the molecule is O=[S+]c1cccc2c1[nH]c1ccccc12. The van der Waals surface area contributed by atoms with Gasteiger partial charge in [0.1, 0.15) is 5.52 Å². The number of hydrogen-bond donors (Lipinski definition) is 1. The van der Waals surface area contributed by atoms with Crippen molar-refractivity contribution in [3.05, 3.63) is 42.5 Å². The second kappa shape index (κ2) is 3.14. The molecule has 0 aliphatic rings. The van der Waals surface area contributed by atoms with Gasteiger partial charge in [-0.05, 0) is 6.07 Å². The van der Waals surface area contributed by atoms with E-state index in [1.807, 2.05) is 36.4 Å². The molecule has 72 valence electrons. The molecule has 1 N–H and O–H groups in total. The number of fused-ring (bicyclic) bond motifs is 3. The summed E-state index contributed by atoms with van der Waals surface area (Å²) in [4.78, 5) is 4.03. The minimum Gasteiger partial charge on any atom is -0.350 e. The highest BCUT2D eigenvalue weighted by Crippen LogP contribution is 2.27. The first-order valence-electron chi connectivity index (χ1n) is 4.69. The van der Waals surface area contributed by atoms with Gasteiger partial charge in [-0.2, -0.15) is 0 Å². The molecule has 0 spiro atoms. The third-order valence-electron chi connectivity index (χ3n) is 2.59. The summed E-state index contributed by atoms with van der Waals surface area (Å²) in [6.45, 7) is 0. The molecule has 0 amide bonds. The highest BCUT2D eigenvalue weighted by Gasteiger charge is 2.15. The lowest BCUT2D eigenvalue weighted by molar-refractivity contribution is 0.605. The summed E-state index contributed by atoms with van der Waals surface area (Å²) in [5.74, 6) is 0. The molecule has 1 heterocycles. The lowest BCUT2D eigenvalue weighted by atomic mass is 10.1. The Labute approximate surface area is 90.4 Å². The summed E-state index contributed by atoms with van der Waals surface area (Å²) in [6, 6.07) is 13.9. The molecule has 1 aromatic heterocycles. The fourth-order valence-electron chi connectivity index (χ4n) is 1.92. The van der Waals surface area contributed by atoms with E-state index in [1.165, 1.54) is 5.39 Å². The van der Waals surface area contributed by atoms with Gasteiger partial charge in [-0.3, -0.25) is 0 Å². The molecular weight excluding hydrogens is 206 g/mol. The van der Waals surface area contributed by atoms with E-state index in [1.54, 1.807) is 0 Å². The van der Waals surface area contributed by atoms with Crippen LogP contribution in [0.15, 0.2) is 47.4 Å². The Bertz CT molecular complexity index is 657. The summed E-state index contributed by atoms with van der Waals surface area (Å²) in [5, 5.41) is 2.29. The number of aromatic nitrogens is 1. The average molecular weight is 214 g/mol. The molecule has 0 aliphatic heterocycles. The Morgan fingerprint density at radius 2 is 1.73 bits per heavy atom. The fourth-order valence-corrected chi connectivity index (χ4v) is 2.29. The number of rotatable bonds is 1. The molecule has 0 bridgehead atoms. The second-order valence-corrected chi connectivity index (χ2v) is 4.04. The van der Waals surface area contributed by atoms with E-state index in [9.17, 15) is 4.21 Å². The summed E-state index contributed by atoms with van der Waals surface area (Å²) >= 11 is 0.532. The standard InChI is InChI=1S/C12H8NOS/c14-15-11-7-3-5-9-8-4-1-2-6-10(8)13-12(9)11/h1-7,13H/q+1. The molecule has 0 fully saturated rings. The number of benzene rings is 2. The molecule has 0 atom stereocenters. The lowest BCUT2D eigenvalue weighted by Crippen LogP contribution is -1.75. The van der Waals surface area contributed by atoms with Gasteiger partial charge < -0.3 is 4.98 Å². The van der Waals surface area contributed by atoms with E-state index in [0.29, 0.717) is 11.7 Å². The maximum Gasteiger partial charge on any atom is 0.507 e. The van der Waals surface area contributed by atoms with Crippen LogP contribution >= 0.6 is 0 Å². The van der Waals surface area contributed by atoms with Crippen LogP contribution in [0.1, 0.15) is 0 Å². The molecule has 2 aromatic carbocycles. The van der Waals surface area contributed by atoms with Crippen LogP contribution in [-0.2, 0) is 15.9 Å². The molecule has 3 aromatic rings. The fraction of sp³-hybridized carbons (Fsp3) is 0. The molecule has 15 heavy (non-hydrogen) atoms. The number of H-pyrrole nitrogens is 1. The molecule has 2 nitrogen and oxygen atoms in total. The van der Waals surface area contributed by atoms with Crippen molar-refractivity contribution in [2.75, 3.05) is 0 Å². The zero-order valence-electron chi connectivity index (χ0n) is 7.86. The minimum atomic E-state index is 0.532. The van der Waals surface area contributed by atoms with Gasteiger partial charge in [-0.1, -0.05) is 30.3 Å². The number of aromatic amines is 1. The van der Waals surface area contributed by atoms with Crippen LogP contribution in [0.25, 0.3) is 21.8 Å². The zero-order valence-corrected chi connectivity index (χ0v) is 8.67. The van der Waals surface area contributed by atoms with E-state index in [-0.39, 0.29) is 0 Å². The van der Waals surface area contributed by atoms with Gasteiger partial charge in [0.05, 0.1) is 0 Å². The van der Waals surface area contributed by atoms with Gasteiger partial charge in [-0.25, -0.2) is 0 Å².